The van der Waals surface area contributed by atoms with Crippen molar-refractivity contribution in [2.45, 2.75) is 46.2 Å². The number of ether oxygens (including phenoxy) is 1. The molecule has 2 fully saturated rings. The zero-order chi connectivity index (χ0) is 23.1. The molecule has 2 atom stereocenters. The van der Waals surface area contributed by atoms with E-state index in [1.165, 1.54) is 16.7 Å². The first kappa shape index (κ1) is 22.0. The minimum Gasteiger partial charge on any atom is -0.369 e. The normalized spacial score (nSPS) is 20.0. The molecule has 1 N–H and O–H groups in total. The third kappa shape index (κ3) is 4.15. The van der Waals surface area contributed by atoms with E-state index < -0.39 is 0 Å². The fourth-order valence-corrected chi connectivity index (χ4v) is 5.16. The van der Waals surface area contributed by atoms with E-state index in [4.69, 9.17) is 4.74 Å². The monoisotopic (exact) mass is 449 g/mol. The summed E-state index contributed by atoms with van der Waals surface area (Å²) in [6.07, 6.45) is 1.01. The highest BCUT2D eigenvalue weighted by Gasteiger charge is 2.30. The maximum Gasteiger partial charge on any atom is 0.157 e. The lowest BCUT2D eigenvalue weighted by Gasteiger charge is -2.44. The van der Waals surface area contributed by atoms with Gasteiger partial charge in [-0.1, -0.05) is 18.2 Å². The van der Waals surface area contributed by atoms with Crippen LogP contribution in [0.5, 0.6) is 0 Å². The van der Waals surface area contributed by atoms with Crippen molar-refractivity contribution in [2.24, 2.45) is 0 Å². The summed E-state index contributed by atoms with van der Waals surface area (Å²) in [5.74, 6) is 0.376. The van der Waals surface area contributed by atoms with E-state index in [-0.39, 0.29) is 11.9 Å². The number of aryl methyl sites for hydroxylation is 2. The van der Waals surface area contributed by atoms with Crippen molar-refractivity contribution in [1.82, 2.24) is 15.1 Å². The van der Waals surface area contributed by atoms with E-state index in [1.807, 2.05) is 6.92 Å². The molecule has 3 heterocycles. The lowest BCUT2D eigenvalue weighted by atomic mass is 9.98. The number of hydrogen-bond donors (Lipinski definition) is 1. The van der Waals surface area contributed by atoms with Crippen LogP contribution >= 0.6 is 0 Å². The molecule has 2 aliphatic rings. The third-order valence-corrected chi connectivity index (χ3v) is 7.28. The number of halogens is 1. The Bertz CT molecular complexity index is 1180. The van der Waals surface area contributed by atoms with Gasteiger partial charge in [0.1, 0.15) is 5.82 Å². The van der Waals surface area contributed by atoms with Crippen molar-refractivity contribution in [2.75, 3.05) is 43.2 Å². The fourth-order valence-electron chi connectivity index (χ4n) is 5.16. The summed E-state index contributed by atoms with van der Waals surface area (Å²) < 4.78 is 21.0. The average Bonchev–Trinajstić information content (AvgIpc) is 2.82. The summed E-state index contributed by atoms with van der Waals surface area (Å²) in [5.41, 5.74) is 5.22. The van der Waals surface area contributed by atoms with Gasteiger partial charge < -0.3 is 15.0 Å². The first-order chi connectivity index (χ1) is 15.9. The van der Waals surface area contributed by atoms with E-state index in [1.54, 1.807) is 6.07 Å². The van der Waals surface area contributed by atoms with Gasteiger partial charge in [0.25, 0.3) is 0 Å². The standard InChI is InChI=1S/C26H32FN5O/c1-16-6-5-7-22(17(16)2)18(3)28-26-23-12-21(13-24(27)25(23)19(4)29-30-26)31-9-10-32-15-33-11-8-20(32)14-31/h5-7,12-13,18,20H,8-11,14-15H2,1-4H3,(H,28,30)/t18-,20-/m1/s1. The predicted octanol–water partition coefficient (Wildman–Crippen LogP) is 4.74. The molecule has 0 bridgehead atoms. The zero-order valence-corrected chi connectivity index (χ0v) is 19.9. The topological polar surface area (TPSA) is 53.5 Å². The van der Waals surface area contributed by atoms with Crippen LogP contribution in [0.4, 0.5) is 15.9 Å². The van der Waals surface area contributed by atoms with Gasteiger partial charge in [0, 0.05) is 48.7 Å². The first-order valence-corrected chi connectivity index (χ1v) is 11.8. The number of nitrogens with one attached hydrogen (secondary N) is 1. The largest absolute Gasteiger partial charge is 0.369 e. The Balaban J connectivity index is 1.50. The second-order valence-electron chi connectivity index (χ2n) is 9.38. The quantitative estimate of drug-likeness (QED) is 0.621. The number of piperazine rings is 1. The third-order valence-electron chi connectivity index (χ3n) is 7.28. The van der Waals surface area contributed by atoms with Crippen molar-refractivity contribution in [3.05, 3.63) is 58.5 Å². The van der Waals surface area contributed by atoms with Gasteiger partial charge in [0.15, 0.2) is 5.82 Å². The van der Waals surface area contributed by atoms with Gasteiger partial charge in [-0.15, -0.1) is 5.10 Å². The first-order valence-electron chi connectivity index (χ1n) is 11.8. The summed E-state index contributed by atoms with van der Waals surface area (Å²) in [4.78, 5) is 4.68. The fraction of sp³-hybridized carbons (Fsp3) is 0.462. The Morgan fingerprint density at radius 2 is 2.00 bits per heavy atom. The summed E-state index contributed by atoms with van der Waals surface area (Å²) in [6.45, 7) is 12.3. The highest BCUT2D eigenvalue weighted by Crippen LogP contribution is 2.34. The molecule has 0 aliphatic carbocycles. The summed E-state index contributed by atoms with van der Waals surface area (Å²) in [7, 11) is 0. The minimum atomic E-state index is -0.244. The molecule has 6 nitrogen and oxygen atoms in total. The lowest BCUT2D eigenvalue weighted by molar-refractivity contribution is -0.0511. The van der Waals surface area contributed by atoms with E-state index in [2.05, 4.69) is 70.4 Å². The van der Waals surface area contributed by atoms with Crippen LogP contribution in [0, 0.1) is 26.6 Å². The molecule has 0 unspecified atom stereocenters. The molecule has 0 radical (unpaired) electrons. The van der Waals surface area contributed by atoms with Crippen molar-refractivity contribution in [1.29, 1.82) is 0 Å². The maximum atomic E-state index is 15.4. The van der Waals surface area contributed by atoms with E-state index in [9.17, 15) is 0 Å². The Hall–Kier alpha value is -2.77. The summed E-state index contributed by atoms with van der Waals surface area (Å²) >= 11 is 0. The van der Waals surface area contributed by atoms with E-state index in [0.717, 1.165) is 43.7 Å². The molecular weight excluding hydrogens is 417 g/mol. The average molecular weight is 450 g/mol. The molecular formula is C26H32FN5O. The number of anilines is 2. The van der Waals surface area contributed by atoms with Crippen molar-refractivity contribution >= 4 is 22.3 Å². The second-order valence-corrected chi connectivity index (χ2v) is 9.38. The molecule has 174 valence electrons. The number of aromatic nitrogens is 2. The van der Waals surface area contributed by atoms with Crippen LogP contribution in [0.3, 0.4) is 0 Å². The van der Waals surface area contributed by atoms with Gasteiger partial charge in [-0.3, -0.25) is 4.90 Å². The van der Waals surface area contributed by atoms with Gasteiger partial charge in [0.2, 0.25) is 0 Å². The van der Waals surface area contributed by atoms with Crippen molar-refractivity contribution in [3.63, 3.8) is 0 Å². The molecule has 3 aromatic rings. The SMILES string of the molecule is Cc1cccc([C@@H](C)Nc2nnc(C)c3c(F)cc(N4CCN5COCC[C@@H]5C4)cc23)c1C. The Morgan fingerprint density at radius 1 is 1.15 bits per heavy atom. The van der Waals surface area contributed by atoms with Crippen LogP contribution in [0.2, 0.25) is 0 Å². The highest BCUT2D eigenvalue weighted by atomic mass is 19.1. The number of fused-ring (bicyclic) bond motifs is 2. The van der Waals surface area contributed by atoms with E-state index in [0.29, 0.717) is 29.7 Å². The van der Waals surface area contributed by atoms with Gasteiger partial charge in [-0.05, 0) is 62.9 Å². The molecule has 0 amide bonds. The molecule has 2 aliphatic heterocycles. The minimum absolute atomic E-state index is 0.0163. The second kappa shape index (κ2) is 8.88. The molecule has 2 aromatic carbocycles. The van der Waals surface area contributed by atoms with Crippen LogP contribution in [0.1, 0.15) is 41.8 Å². The Morgan fingerprint density at radius 3 is 2.85 bits per heavy atom. The summed E-state index contributed by atoms with van der Waals surface area (Å²) in [6, 6.07) is 10.5. The van der Waals surface area contributed by atoms with Crippen LogP contribution in [-0.2, 0) is 4.74 Å². The molecule has 2 saturated heterocycles. The molecule has 5 rings (SSSR count). The van der Waals surface area contributed by atoms with Crippen LogP contribution in [0.25, 0.3) is 10.8 Å². The smallest absolute Gasteiger partial charge is 0.157 e. The van der Waals surface area contributed by atoms with Crippen molar-refractivity contribution in [3.8, 4) is 0 Å². The van der Waals surface area contributed by atoms with Gasteiger partial charge in [-0.25, -0.2) is 4.39 Å². The highest BCUT2D eigenvalue weighted by molar-refractivity contribution is 5.96. The maximum absolute atomic E-state index is 15.4. The van der Waals surface area contributed by atoms with Crippen LogP contribution < -0.4 is 10.2 Å². The molecule has 0 spiro atoms. The van der Waals surface area contributed by atoms with Gasteiger partial charge in [-0.2, -0.15) is 5.10 Å². The van der Waals surface area contributed by atoms with Gasteiger partial charge in [0.05, 0.1) is 18.5 Å². The predicted molar refractivity (Wildman–Crippen MR) is 130 cm³/mol. The Kier molecular flexibility index (Phi) is 5.93. The molecule has 33 heavy (non-hydrogen) atoms. The van der Waals surface area contributed by atoms with Crippen molar-refractivity contribution < 1.29 is 9.13 Å². The van der Waals surface area contributed by atoms with Gasteiger partial charge >= 0.3 is 0 Å². The number of hydrogen-bond acceptors (Lipinski definition) is 6. The van der Waals surface area contributed by atoms with Crippen LogP contribution in [-0.4, -0.2) is 54.1 Å². The van der Waals surface area contributed by atoms with Crippen LogP contribution in [0.15, 0.2) is 30.3 Å². The number of rotatable bonds is 4. The summed E-state index contributed by atoms with van der Waals surface area (Å²) in [5, 5.41) is 13.5. The number of benzene rings is 2. The molecule has 7 heteroatoms. The molecule has 0 saturated carbocycles. The van der Waals surface area contributed by atoms with E-state index >= 15 is 4.39 Å². The lowest BCUT2D eigenvalue weighted by Crippen LogP contribution is -2.56. The Labute approximate surface area is 194 Å². The molecule has 1 aromatic heterocycles. The zero-order valence-electron chi connectivity index (χ0n) is 19.9. The number of nitrogens with zero attached hydrogens (tertiary/aromatic N) is 4.